The normalized spacial score (nSPS) is 12.3. The minimum absolute atomic E-state index is 0.0617. The highest BCUT2D eigenvalue weighted by atomic mass is 16.3. The van der Waals surface area contributed by atoms with E-state index in [0.29, 0.717) is 0 Å². The smallest absolute Gasteiger partial charge is 0.228 e. The number of benzene rings is 1. The maximum atomic E-state index is 6.20. The Balaban J connectivity index is 2.06. The molecule has 22 heavy (non-hydrogen) atoms. The van der Waals surface area contributed by atoms with Gasteiger partial charge in [0.25, 0.3) is 0 Å². The molecule has 0 aliphatic rings. The van der Waals surface area contributed by atoms with Gasteiger partial charge in [-0.05, 0) is 24.3 Å². The van der Waals surface area contributed by atoms with E-state index in [-0.39, 0.29) is 5.41 Å². The number of nitrogens with zero attached hydrogens (tertiary/aromatic N) is 3. The Morgan fingerprint density at radius 2 is 1.86 bits per heavy atom. The molecule has 4 rings (SSSR count). The third kappa shape index (κ3) is 1.84. The molecule has 4 aromatic rings. The number of rotatable bonds is 1. The summed E-state index contributed by atoms with van der Waals surface area (Å²) in [5.41, 5.74) is 5.50. The molecular formula is C18H17N3O. The van der Waals surface area contributed by atoms with Gasteiger partial charge in [0.05, 0.1) is 11.2 Å². The second-order valence-electron chi connectivity index (χ2n) is 6.49. The Kier molecular flexibility index (Phi) is 2.64. The molecular weight excluding hydrogens is 274 g/mol. The van der Waals surface area contributed by atoms with E-state index in [1.54, 1.807) is 6.20 Å². The molecule has 0 fully saturated rings. The molecule has 0 saturated heterocycles. The van der Waals surface area contributed by atoms with Crippen molar-refractivity contribution < 1.29 is 4.42 Å². The number of aromatic nitrogens is 3. The zero-order chi connectivity index (χ0) is 15.3. The average Bonchev–Trinajstić information content (AvgIpc) is 3.05. The van der Waals surface area contributed by atoms with Crippen LogP contribution in [0.25, 0.3) is 28.1 Å². The Morgan fingerprint density at radius 3 is 2.59 bits per heavy atom. The summed E-state index contributed by atoms with van der Waals surface area (Å²) in [6.45, 7) is 6.42. The van der Waals surface area contributed by atoms with Crippen LogP contribution in [0.1, 0.15) is 26.5 Å². The molecule has 0 radical (unpaired) electrons. The third-order valence-corrected chi connectivity index (χ3v) is 3.83. The van der Waals surface area contributed by atoms with Crippen molar-refractivity contribution in [2.45, 2.75) is 26.2 Å². The lowest BCUT2D eigenvalue weighted by atomic mass is 9.93. The summed E-state index contributed by atoms with van der Waals surface area (Å²) in [6, 6.07) is 12.0. The maximum Gasteiger partial charge on any atom is 0.228 e. The van der Waals surface area contributed by atoms with E-state index in [0.717, 1.165) is 33.8 Å². The summed E-state index contributed by atoms with van der Waals surface area (Å²) in [4.78, 5) is 8.97. The highest BCUT2D eigenvalue weighted by Crippen LogP contribution is 2.34. The Labute approximate surface area is 128 Å². The quantitative estimate of drug-likeness (QED) is 0.520. The molecule has 0 amide bonds. The minimum atomic E-state index is -0.0617. The molecule has 4 heteroatoms. The first kappa shape index (κ1) is 13.1. The Morgan fingerprint density at radius 1 is 1.00 bits per heavy atom. The number of oxazole rings is 1. The number of fused-ring (bicyclic) bond motifs is 3. The average molecular weight is 291 g/mol. The van der Waals surface area contributed by atoms with E-state index in [4.69, 9.17) is 4.42 Å². The van der Waals surface area contributed by atoms with E-state index in [2.05, 4.69) is 30.7 Å². The van der Waals surface area contributed by atoms with E-state index >= 15 is 0 Å². The first-order valence-corrected chi connectivity index (χ1v) is 7.36. The summed E-state index contributed by atoms with van der Waals surface area (Å²) in [7, 11) is 0. The monoisotopic (exact) mass is 291 g/mol. The molecule has 0 aliphatic heterocycles. The van der Waals surface area contributed by atoms with Crippen LogP contribution in [0.5, 0.6) is 0 Å². The molecule has 0 atom stereocenters. The Hall–Kier alpha value is -2.62. The van der Waals surface area contributed by atoms with Gasteiger partial charge in [0, 0.05) is 17.2 Å². The fraction of sp³-hybridized carbons (Fsp3) is 0.222. The molecule has 0 unspecified atom stereocenters. The van der Waals surface area contributed by atoms with Crippen LogP contribution in [0.2, 0.25) is 0 Å². The largest absolute Gasteiger partial charge is 0.435 e. The van der Waals surface area contributed by atoms with Gasteiger partial charge in [-0.3, -0.25) is 9.38 Å². The summed E-state index contributed by atoms with van der Waals surface area (Å²) in [6.07, 6.45) is 3.63. The van der Waals surface area contributed by atoms with Crippen LogP contribution in [0.4, 0.5) is 0 Å². The van der Waals surface area contributed by atoms with Gasteiger partial charge in [0.15, 0.2) is 5.58 Å². The van der Waals surface area contributed by atoms with Crippen LogP contribution >= 0.6 is 0 Å². The highest BCUT2D eigenvalue weighted by molar-refractivity contribution is 5.91. The minimum Gasteiger partial charge on any atom is -0.435 e. The lowest BCUT2D eigenvalue weighted by Crippen LogP contribution is -2.11. The fourth-order valence-corrected chi connectivity index (χ4v) is 2.76. The van der Waals surface area contributed by atoms with E-state index in [9.17, 15) is 0 Å². The van der Waals surface area contributed by atoms with Crippen molar-refractivity contribution in [3.63, 3.8) is 0 Å². The number of pyridine rings is 1. The topological polar surface area (TPSA) is 43.3 Å². The van der Waals surface area contributed by atoms with Crippen molar-refractivity contribution in [3.8, 4) is 11.3 Å². The molecule has 0 N–H and O–H groups in total. The van der Waals surface area contributed by atoms with Crippen LogP contribution in [-0.4, -0.2) is 14.4 Å². The van der Waals surface area contributed by atoms with E-state index in [1.807, 2.05) is 47.1 Å². The Bertz CT molecular complexity index is 958. The van der Waals surface area contributed by atoms with Crippen LogP contribution in [0.3, 0.4) is 0 Å². The SMILES string of the molecule is CC(C)(C)c1ncn2c1oc1c(-c3ccccn3)cccc12. The molecule has 0 saturated carbocycles. The van der Waals surface area contributed by atoms with Crippen molar-refractivity contribution in [1.82, 2.24) is 14.4 Å². The molecule has 4 nitrogen and oxygen atoms in total. The lowest BCUT2D eigenvalue weighted by Gasteiger charge is -2.13. The molecule has 3 aromatic heterocycles. The number of hydrogen-bond donors (Lipinski definition) is 0. The van der Waals surface area contributed by atoms with Crippen LogP contribution in [0, 0.1) is 0 Å². The summed E-state index contributed by atoms with van der Waals surface area (Å²) >= 11 is 0. The second kappa shape index (κ2) is 4.44. The second-order valence-corrected chi connectivity index (χ2v) is 6.49. The zero-order valence-corrected chi connectivity index (χ0v) is 12.9. The maximum absolute atomic E-state index is 6.20. The number of hydrogen-bond acceptors (Lipinski definition) is 3. The van der Waals surface area contributed by atoms with Crippen LogP contribution in [-0.2, 0) is 5.41 Å². The molecule has 0 bridgehead atoms. The first-order valence-electron chi connectivity index (χ1n) is 7.36. The van der Waals surface area contributed by atoms with Gasteiger partial charge in [-0.15, -0.1) is 0 Å². The number of para-hydroxylation sites is 1. The third-order valence-electron chi connectivity index (χ3n) is 3.83. The van der Waals surface area contributed by atoms with Gasteiger partial charge >= 0.3 is 0 Å². The predicted molar refractivity (Wildman–Crippen MR) is 86.9 cm³/mol. The van der Waals surface area contributed by atoms with E-state index < -0.39 is 0 Å². The molecule has 0 aliphatic carbocycles. The summed E-state index contributed by atoms with van der Waals surface area (Å²) < 4.78 is 8.21. The standard InChI is InChI=1S/C18H17N3O/c1-18(2,3)16-17-21(11-20-16)14-9-6-7-12(15(14)22-17)13-8-4-5-10-19-13/h4-11H,1-3H3. The van der Waals surface area contributed by atoms with E-state index in [1.165, 1.54) is 0 Å². The number of imidazole rings is 1. The van der Waals surface area contributed by atoms with Gasteiger partial charge < -0.3 is 4.42 Å². The van der Waals surface area contributed by atoms with Crippen LogP contribution in [0.15, 0.2) is 53.3 Å². The zero-order valence-electron chi connectivity index (χ0n) is 12.9. The molecule has 1 aromatic carbocycles. The molecule has 0 spiro atoms. The van der Waals surface area contributed by atoms with Crippen molar-refractivity contribution in [3.05, 3.63) is 54.6 Å². The fourth-order valence-electron chi connectivity index (χ4n) is 2.76. The molecule has 3 heterocycles. The van der Waals surface area contributed by atoms with Crippen LogP contribution < -0.4 is 0 Å². The lowest BCUT2D eigenvalue weighted by molar-refractivity contribution is 0.555. The van der Waals surface area contributed by atoms with Gasteiger partial charge in [0.1, 0.15) is 12.0 Å². The van der Waals surface area contributed by atoms with Crippen molar-refractivity contribution >= 4 is 16.8 Å². The van der Waals surface area contributed by atoms with Crippen molar-refractivity contribution in [1.29, 1.82) is 0 Å². The van der Waals surface area contributed by atoms with Gasteiger partial charge in [-0.1, -0.05) is 32.9 Å². The van der Waals surface area contributed by atoms with Gasteiger partial charge in [-0.25, -0.2) is 4.98 Å². The summed E-state index contributed by atoms with van der Waals surface area (Å²) in [5, 5.41) is 0. The van der Waals surface area contributed by atoms with Gasteiger partial charge in [0.2, 0.25) is 5.71 Å². The summed E-state index contributed by atoms with van der Waals surface area (Å²) in [5.74, 6) is 0. The molecule has 110 valence electrons. The van der Waals surface area contributed by atoms with Crippen molar-refractivity contribution in [2.24, 2.45) is 0 Å². The highest BCUT2D eigenvalue weighted by Gasteiger charge is 2.24. The first-order chi connectivity index (χ1) is 10.6. The van der Waals surface area contributed by atoms with Gasteiger partial charge in [-0.2, -0.15) is 0 Å². The predicted octanol–water partition coefficient (Wildman–Crippen LogP) is 4.44. The van der Waals surface area contributed by atoms with Crippen molar-refractivity contribution in [2.75, 3.05) is 0 Å².